The quantitative estimate of drug-likeness (QED) is 0.623. The molecule has 0 aliphatic heterocycles. The van der Waals surface area contributed by atoms with Crippen molar-refractivity contribution in [2.24, 2.45) is 7.05 Å². The first-order valence-electron chi connectivity index (χ1n) is 4.74. The summed E-state index contributed by atoms with van der Waals surface area (Å²) < 4.78 is 2.23. The van der Waals surface area contributed by atoms with E-state index in [1.165, 1.54) is 16.5 Å². The van der Waals surface area contributed by atoms with E-state index in [-0.39, 0.29) is 0 Å². The number of nitrogens with zero attached hydrogens (tertiary/aromatic N) is 1. The van der Waals surface area contributed by atoms with Crippen LogP contribution in [0, 0.1) is 0 Å². The molecule has 0 spiro atoms. The second-order valence-electron chi connectivity index (χ2n) is 3.87. The van der Waals surface area contributed by atoms with Gasteiger partial charge in [0.15, 0.2) is 0 Å². The third kappa shape index (κ3) is 1.24. The predicted octanol–water partition coefficient (Wildman–Crippen LogP) is 3.30. The minimum absolute atomic E-state index is 0.588. The van der Waals surface area contributed by atoms with Crippen LogP contribution < -0.4 is 0 Å². The number of hydrogen-bond donors (Lipinski definition) is 0. The van der Waals surface area contributed by atoms with Crippen LogP contribution in [0.25, 0.3) is 10.8 Å². The first-order valence-corrected chi connectivity index (χ1v) is 4.74. The molecule has 0 saturated carbocycles. The summed E-state index contributed by atoms with van der Waals surface area (Å²) in [4.78, 5) is 0. The maximum absolute atomic E-state index is 2.24. The van der Waals surface area contributed by atoms with E-state index in [0.29, 0.717) is 5.92 Å². The summed E-state index contributed by atoms with van der Waals surface area (Å²) >= 11 is 0. The van der Waals surface area contributed by atoms with E-state index < -0.39 is 0 Å². The summed E-state index contributed by atoms with van der Waals surface area (Å²) in [7, 11) is 2.12. The number of rotatable bonds is 1. The summed E-state index contributed by atoms with van der Waals surface area (Å²) in [6.45, 7) is 4.48. The lowest BCUT2D eigenvalue weighted by Crippen LogP contribution is -1.96. The fourth-order valence-corrected chi connectivity index (χ4v) is 2.03. The van der Waals surface area contributed by atoms with E-state index in [2.05, 4.69) is 55.9 Å². The van der Waals surface area contributed by atoms with Gasteiger partial charge in [0, 0.05) is 24.3 Å². The Labute approximate surface area is 79.0 Å². The largest absolute Gasteiger partial charge is 0.353 e. The molecule has 0 fully saturated rings. The summed E-state index contributed by atoms with van der Waals surface area (Å²) in [5.74, 6) is 0.588. The van der Waals surface area contributed by atoms with Crippen molar-refractivity contribution in [1.29, 1.82) is 0 Å². The van der Waals surface area contributed by atoms with E-state index in [0.717, 1.165) is 0 Å². The van der Waals surface area contributed by atoms with Gasteiger partial charge in [-0.1, -0.05) is 38.1 Å². The molecule has 0 aliphatic carbocycles. The summed E-state index contributed by atoms with van der Waals surface area (Å²) in [6, 6.07) is 8.56. The van der Waals surface area contributed by atoms with Crippen LogP contribution in [-0.4, -0.2) is 4.57 Å². The molecule has 0 radical (unpaired) electrons. The Morgan fingerprint density at radius 1 is 1.15 bits per heavy atom. The van der Waals surface area contributed by atoms with Crippen LogP contribution in [-0.2, 0) is 7.05 Å². The highest BCUT2D eigenvalue weighted by Crippen LogP contribution is 2.26. The Morgan fingerprint density at radius 2 is 1.85 bits per heavy atom. The maximum atomic E-state index is 2.24. The molecule has 1 nitrogen and oxygen atoms in total. The van der Waals surface area contributed by atoms with Crippen molar-refractivity contribution in [2.45, 2.75) is 19.8 Å². The standard InChI is InChI=1S/C12H15N/c1-9(2)12-11-7-5-4-6-10(11)8-13(12)3/h4-9H,1-3H3. The van der Waals surface area contributed by atoms with E-state index in [1.807, 2.05) is 0 Å². The van der Waals surface area contributed by atoms with Crippen molar-refractivity contribution in [2.75, 3.05) is 0 Å². The van der Waals surface area contributed by atoms with Gasteiger partial charge < -0.3 is 4.57 Å². The first-order chi connectivity index (χ1) is 6.20. The Bertz CT molecular complexity index is 424. The van der Waals surface area contributed by atoms with Crippen LogP contribution in [0.5, 0.6) is 0 Å². The molecule has 0 atom stereocenters. The summed E-state index contributed by atoms with van der Waals surface area (Å²) in [5.41, 5.74) is 1.43. The lowest BCUT2D eigenvalue weighted by atomic mass is 10.1. The third-order valence-electron chi connectivity index (χ3n) is 2.50. The second-order valence-corrected chi connectivity index (χ2v) is 3.87. The van der Waals surface area contributed by atoms with E-state index in [4.69, 9.17) is 0 Å². The molecule has 1 aromatic carbocycles. The SMILES string of the molecule is CC(C)c1c2ccccc2cn1C. The fourth-order valence-electron chi connectivity index (χ4n) is 2.03. The fraction of sp³-hybridized carbons (Fsp3) is 0.333. The Balaban J connectivity index is 2.78. The number of fused-ring (bicyclic) bond motifs is 1. The molecule has 1 heterocycles. The summed E-state index contributed by atoms with van der Waals surface area (Å²) in [6.07, 6.45) is 2.20. The third-order valence-corrected chi connectivity index (χ3v) is 2.50. The average Bonchev–Trinajstić information content (AvgIpc) is 2.39. The average molecular weight is 173 g/mol. The number of hydrogen-bond acceptors (Lipinski definition) is 0. The van der Waals surface area contributed by atoms with Crippen LogP contribution in [0.1, 0.15) is 25.5 Å². The van der Waals surface area contributed by atoms with Gasteiger partial charge in [-0.25, -0.2) is 0 Å². The van der Waals surface area contributed by atoms with Crippen LogP contribution >= 0.6 is 0 Å². The zero-order valence-corrected chi connectivity index (χ0v) is 8.41. The molecule has 0 N–H and O–H groups in total. The highest BCUT2D eigenvalue weighted by atomic mass is 14.9. The van der Waals surface area contributed by atoms with Crippen molar-refractivity contribution < 1.29 is 0 Å². The molecule has 13 heavy (non-hydrogen) atoms. The van der Waals surface area contributed by atoms with Crippen LogP contribution in [0.4, 0.5) is 0 Å². The zero-order valence-electron chi connectivity index (χ0n) is 8.41. The molecular formula is C12H15N. The smallest absolute Gasteiger partial charge is 0.0276 e. The molecule has 68 valence electrons. The minimum atomic E-state index is 0.588. The first kappa shape index (κ1) is 8.36. The van der Waals surface area contributed by atoms with Gasteiger partial charge in [0.05, 0.1) is 0 Å². The molecule has 0 bridgehead atoms. The van der Waals surface area contributed by atoms with Gasteiger partial charge in [-0.3, -0.25) is 0 Å². The molecule has 1 aromatic heterocycles. The van der Waals surface area contributed by atoms with Gasteiger partial charge in [0.25, 0.3) is 0 Å². The molecule has 0 saturated heterocycles. The molecule has 2 aromatic rings. The Kier molecular flexibility index (Phi) is 1.87. The normalized spacial score (nSPS) is 11.4. The molecule has 1 heteroatoms. The Hall–Kier alpha value is -1.24. The highest BCUT2D eigenvalue weighted by molar-refractivity contribution is 5.85. The zero-order chi connectivity index (χ0) is 9.42. The highest BCUT2D eigenvalue weighted by Gasteiger charge is 2.08. The lowest BCUT2D eigenvalue weighted by molar-refractivity contribution is 0.748. The minimum Gasteiger partial charge on any atom is -0.353 e. The van der Waals surface area contributed by atoms with Crippen LogP contribution in [0.15, 0.2) is 30.5 Å². The van der Waals surface area contributed by atoms with Crippen molar-refractivity contribution in [3.63, 3.8) is 0 Å². The topological polar surface area (TPSA) is 4.93 Å². The van der Waals surface area contributed by atoms with Crippen molar-refractivity contribution >= 4 is 10.8 Å². The van der Waals surface area contributed by atoms with Crippen molar-refractivity contribution in [3.05, 3.63) is 36.2 Å². The molecule has 0 unspecified atom stereocenters. The van der Waals surface area contributed by atoms with Gasteiger partial charge >= 0.3 is 0 Å². The molecule has 2 rings (SSSR count). The number of aromatic nitrogens is 1. The molecule has 0 aliphatic rings. The lowest BCUT2D eigenvalue weighted by Gasteiger charge is -2.07. The number of benzene rings is 1. The second kappa shape index (κ2) is 2.91. The van der Waals surface area contributed by atoms with Gasteiger partial charge in [-0.15, -0.1) is 0 Å². The van der Waals surface area contributed by atoms with Gasteiger partial charge in [-0.05, 0) is 11.3 Å². The Morgan fingerprint density at radius 3 is 2.54 bits per heavy atom. The van der Waals surface area contributed by atoms with E-state index in [9.17, 15) is 0 Å². The van der Waals surface area contributed by atoms with Gasteiger partial charge in [0.1, 0.15) is 0 Å². The van der Waals surface area contributed by atoms with E-state index >= 15 is 0 Å². The summed E-state index contributed by atoms with van der Waals surface area (Å²) in [5, 5.41) is 2.73. The monoisotopic (exact) mass is 173 g/mol. The van der Waals surface area contributed by atoms with E-state index in [1.54, 1.807) is 0 Å². The van der Waals surface area contributed by atoms with Crippen molar-refractivity contribution in [3.8, 4) is 0 Å². The predicted molar refractivity (Wildman–Crippen MR) is 57.0 cm³/mol. The van der Waals surface area contributed by atoms with Gasteiger partial charge in [0.2, 0.25) is 0 Å². The van der Waals surface area contributed by atoms with Crippen molar-refractivity contribution in [1.82, 2.24) is 4.57 Å². The molecule has 0 amide bonds. The van der Waals surface area contributed by atoms with Crippen LogP contribution in [0.3, 0.4) is 0 Å². The maximum Gasteiger partial charge on any atom is 0.0276 e. The van der Waals surface area contributed by atoms with Gasteiger partial charge in [-0.2, -0.15) is 0 Å². The number of aryl methyl sites for hydroxylation is 1. The van der Waals surface area contributed by atoms with Crippen LogP contribution in [0.2, 0.25) is 0 Å². The molecular weight excluding hydrogens is 158 g/mol.